The van der Waals surface area contributed by atoms with Gasteiger partial charge in [0.15, 0.2) is 5.78 Å². The first-order valence-electron chi connectivity index (χ1n) is 7.35. The third-order valence-corrected chi connectivity index (χ3v) is 3.29. The summed E-state index contributed by atoms with van der Waals surface area (Å²) in [7, 11) is 3.10. The van der Waals surface area contributed by atoms with Gasteiger partial charge in [0.1, 0.15) is 17.2 Å². The van der Waals surface area contributed by atoms with Gasteiger partial charge in [0.2, 0.25) is 0 Å². The van der Waals surface area contributed by atoms with Crippen molar-refractivity contribution in [2.75, 3.05) is 20.8 Å². The molecule has 0 saturated heterocycles. The second kappa shape index (κ2) is 8.03. The SMILES string of the molecule is CCOc1ccc(/C=C/C(=O)c2ccc(OC)cc2OC)cc1. The van der Waals surface area contributed by atoms with Gasteiger partial charge in [-0.3, -0.25) is 4.79 Å². The number of methoxy groups -OCH3 is 2. The Morgan fingerprint density at radius 3 is 2.30 bits per heavy atom. The van der Waals surface area contributed by atoms with E-state index in [1.54, 1.807) is 31.4 Å². The molecule has 0 aliphatic carbocycles. The molecule has 0 aromatic heterocycles. The molecule has 2 aromatic rings. The molecule has 0 aliphatic rings. The van der Waals surface area contributed by atoms with Crippen LogP contribution >= 0.6 is 0 Å². The van der Waals surface area contributed by atoms with Gasteiger partial charge in [-0.25, -0.2) is 0 Å². The van der Waals surface area contributed by atoms with E-state index in [9.17, 15) is 4.79 Å². The van der Waals surface area contributed by atoms with Crippen LogP contribution in [-0.4, -0.2) is 26.6 Å². The minimum atomic E-state index is -0.126. The molecule has 0 spiro atoms. The zero-order valence-corrected chi connectivity index (χ0v) is 13.5. The van der Waals surface area contributed by atoms with Crippen molar-refractivity contribution in [3.63, 3.8) is 0 Å². The van der Waals surface area contributed by atoms with Crippen molar-refractivity contribution in [2.45, 2.75) is 6.92 Å². The van der Waals surface area contributed by atoms with Crippen molar-refractivity contribution < 1.29 is 19.0 Å². The smallest absolute Gasteiger partial charge is 0.189 e. The molecule has 23 heavy (non-hydrogen) atoms. The molecule has 0 amide bonds. The standard InChI is InChI=1S/C19H20O4/c1-4-23-15-8-5-14(6-9-15)7-12-18(20)17-11-10-16(21-2)13-19(17)22-3/h5-13H,4H2,1-3H3/b12-7+. The molecular weight excluding hydrogens is 292 g/mol. The van der Waals surface area contributed by atoms with Crippen molar-refractivity contribution >= 4 is 11.9 Å². The Bertz CT molecular complexity index is 687. The van der Waals surface area contributed by atoms with Gasteiger partial charge in [0.25, 0.3) is 0 Å². The monoisotopic (exact) mass is 312 g/mol. The molecule has 0 fully saturated rings. The lowest BCUT2D eigenvalue weighted by Crippen LogP contribution is -1.99. The summed E-state index contributed by atoms with van der Waals surface area (Å²) in [5, 5.41) is 0. The Morgan fingerprint density at radius 1 is 1.00 bits per heavy atom. The number of ketones is 1. The van der Waals surface area contributed by atoms with E-state index < -0.39 is 0 Å². The Kier molecular flexibility index (Phi) is 5.80. The highest BCUT2D eigenvalue weighted by molar-refractivity contribution is 6.08. The first-order valence-corrected chi connectivity index (χ1v) is 7.35. The van der Waals surface area contributed by atoms with Gasteiger partial charge >= 0.3 is 0 Å². The quantitative estimate of drug-likeness (QED) is 0.572. The number of ether oxygens (including phenoxy) is 3. The van der Waals surface area contributed by atoms with Crippen LogP contribution in [0.5, 0.6) is 17.2 Å². The molecule has 0 heterocycles. The minimum absolute atomic E-state index is 0.126. The van der Waals surface area contributed by atoms with Crippen LogP contribution < -0.4 is 14.2 Å². The predicted octanol–water partition coefficient (Wildman–Crippen LogP) is 4.00. The molecule has 4 nitrogen and oxygen atoms in total. The van der Waals surface area contributed by atoms with Crippen molar-refractivity contribution in [1.29, 1.82) is 0 Å². The molecular formula is C19H20O4. The highest BCUT2D eigenvalue weighted by Gasteiger charge is 2.10. The number of carbonyl (C=O) groups excluding carboxylic acids is 1. The molecule has 0 unspecified atom stereocenters. The largest absolute Gasteiger partial charge is 0.497 e. The van der Waals surface area contributed by atoms with E-state index in [4.69, 9.17) is 14.2 Å². The predicted molar refractivity (Wildman–Crippen MR) is 90.5 cm³/mol. The lowest BCUT2D eigenvalue weighted by molar-refractivity contribution is 0.104. The van der Waals surface area contributed by atoms with Crippen LogP contribution in [0.15, 0.2) is 48.5 Å². The average Bonchev–Trinajstić information content (AvgIpc) is 2.60. The number of rotatable bonds is 7. The maximum absolute atomic E-state index is 12.3. The van der Waals surface area contributed by atoms with Gasteiger partial charge in [0.05, 0.1) is 26.4 Å². The molecule has 0 atom stereocenters. The Morgan fingerprint density at radius 2 is 1.70 bits per heavy atom. The minimum Gasteiger partial charge on any atom is -0.497 e. The van der Waals surface area contributed by atoms with E-state index in [1.165, 1.54) is 13.2 Å². The number of benzene rings is 2. The number of allylic oxidation sites excluding steroid dienone is 1. The van der Waals surface area contributed by atoms with E-state index in [2.05, 4.69) is 0 Å². The van der Waals surface area contributed by atoms with Crippen LogP contribution in [0.1, 0.15) is 22.8 Å². The summed E-state index contributed by atoms with van der Waals surface area (Å²) in [6, 6.07) is 12.7. The average molecular weight is 312 g/mol. The summed E-state index contributed by atoms with van der Waals surface area (Å²) in [4.78, 5) is 12.3. The summed E-state index contributed by atoms with van der Waals surface area (Å²) >= 11 is 0. The van der Waals surface area contributed by atoms with Crippen molar-refractivity contribution in [3.8, 4) is 17.2 Å². The van der Waals surface area contributed by atoms with Crippen LogP contribution in [0.3, 0.4) is 0 Å². The van der Waals surface area contributed by atoms with E-state index >= 15 is 0 Å². The highest BCUT2D eigenvalue weighted by Crippen LogP contribution is 2.25. The summed E-state index contributed by atoms with van der Waals surface area (Å²) in [5.41, 5.74) is 1.42. The molecule has 0 saturated carbocycles. The zero-order valence-electron chi connectivity index (χ0n) is 13.5. The molecule has 0 N–H and O–H groups in total. The highest BCUT2D eigenvalue weighted by atomic mass is 16.5. The zero-order chi connectivity index (χ0) is 16.7. The Labute approximate surface area is 136 Å². The van der Waals surface area contributed by atoms with Gasteiger partial charge in [-0.1, -0.05) is 18.2 Å². The van der Waals surface area contributed by atoms with Gasteiger partial charge in [0, 0.05) is 6.07 Å². The number of hydrogen-bond donors (Lipinski definition) is 0. The number of carbonyl (C=O) groups is 1. The van der Waals surface area contributed by atoms with Crippen LogP contribution in [0.2, 0.25) is 0 Å². The van der Waals surface area contributed by atoms with Crippen LogP contribution in [0, 0.1) is 0 Å². The topological polar surface area (TPSA) is 44.8 Å². The van der Waals surface area contributed by atoms with E-state index in [0.29, 0.717) is 23.7 Å². The summed E-state index contributed by atoms with van der Waals surface area (Å²) < 4.78 is 15.8. The first kappa shape index (κ1) is 16.6. The Hall–Kier alpha value is -2.75. The van der Waals surface area contributed by atoms with Crippen molar-refractivity contribution in [1.82, 2.24) is 0 Å². The summed E-state index contributed by atoms with van der Waals surface area (Å²) in [5.74, 6) is 1.82. The van der Waals surface area contributed by atoms with E-state index in [0.717, 1.165) is 11.3 Å². The van der Waals surface area contributed by atoms with Gasteiger partial charge < -0.3 is 14.2 Å². The van der Waals surface area contributed by atoms with Crippen LogP contribution in [-0.2, 0) is 0 Å². The normalized spacial score (nSPS) is 10.6. The molecule has 0 aliphatic heterocycles. The van der Waals surface area contributed by atoms with Gasteiger partial charge in [-0.15, -0.1) is 0 Å². The van der Waals surface area contributed by atoms with Crippen molar-refractivity contribution in [3.05, 3.63) is 59.7 Å². The number of hydrogen-bond acceptors (Lipinski definition) is 4. The van der Waals surface area contributed by atoms with Gasteiger partial charge in [-0.2, -0.15) is 0 Å². The fourth-order valence-electron chi connectivity index (χ4n) is 2.11. The molecule has 0 radical (unpaired) electrons. The summed E-state index contributed by atoms with van der Waals surface area (Å²) in [6.45, 7) is 2.57. The summed E-state index contributed by atoms with van der Waals surface area (Å²) in [6.07, 6.45) is 3.29. The lowest BCUT2D eigenvalue weighted by atomic mass is 10.1. The van der Waals surface area contributed by atoms with E-state index in [-0.39, 0.29) is 5.78 Å². The third-order valence-electron chi connectivity index (χ3n) is 3.29. The second-order valence-electron chi connectivity index (χ2n) is 4.77. The fourth-order valence-corrected chi connectivity index (χ4v) is 2.11. The van der Waals surface area contributed by atoms with Crippen LogP contribution in [0.25, 0.3) is 6.08 Å². The maximum Gasteiger partial charge on any atom is 0.189 e. The lowest BCUT2D eigenvalue weighted by Gasteiger charge is -2.08. The fraction of sp³-hybridized carbons (Fsp3) is 0.211. The van der Waals surface area contributed by atoms with Gasteiger partial charge in [-0.05, 0) is 42.8 Å². The van der Waals surface area contributed by atoms with Crippen LogP contribution in [0.4, 0.5) is 0 Å². The molecule has 2 rings (SSSR count). The Balaban J connectivity index is 2.14. The first-order chi connectivity index (χ1) is 11.2. The second-order valence-corrected chi connectivity index (χ2v) is 4.77. The van der Waals surface area contributed by atoms with E-state index in [1.807, 2.05) is 31.2 Å². The third kappa shape index (κ3) is 4.36. The van der Waals surface area contributed by atoms with Crippen molar-refractivity contribution in [2.24, 2.45) is 0 Å². The molecule has 0 bridgehead atoms. The molecule has 2 aromatic carbocycles. The molecule has 120 valence electrons. The maximum atomic E-state index is 12.3. The molecule has 4 heteroatoms.